The predicted molar refractivity (Wildman–Crippen MR) is 46.7 cm³/mol. The molecule has 0 amide bonds. The molecule has 1 nitrogen and oxygen atoms in total. The maximum absolute atomic E-state index is 11.0. The van der Waals surface area contributed by atoms with E-state index in [1.54, 1.807) is 0 Å². The molecule has 1 aliphatic carbocycles. The Morgan fingerprint density at radius 3 is 2.45 bits per heavy atom. The Hall–Kier alpha value is -0.0400. The van der Waals surface area contributed by atoms with Crippen LogP contribution in [-0.2, 0) is 4.79 Å². The van der Waals surface area contributed by atoms with Crippen molar-refractivity contribution >= 4 is 16.8 Å². The van der Waals surface area contributed by atoms with E-state index in [4.69, 9.17) is 11.6 Å². The molecule has 0 spiro atoms. The Labute approximate surface area is 73.1 Å². The van der Waals surface area contributed by atoms with E-state index in [-0.39, 0.29) is 10.7 Å². The topological polar surface area (TPSA) is 17.1 Å². The van der Waals surface area contributed by atoms with Gasteiger partial charge in [0.05, 0.1) is 0 Å². The van der Waals surface area contributed by atoms with Crippen molar-refractivity contribution in [2.75, 3.05) is 0 Å². The van der Waals surface area contributed by atoms with Crippen LogP contribution in [0.2, 0.25) is 0 Å². The fourth-order valence-corrected chi connectivity index (χ4v) is 1.95. The molecular weight excluding hydrogens is 160 g/mol. The highest BCUT2D eigenvalue weighted by molar-refractivity contribution is 6.64. The van der Waals surface area contributed by atoms with Crippen LogP contribution < -0.4 is 0 Å². The van der Waals surface area contributed by atoms with Crippen LogP contribution in [-0.4, -0.2) is 5.24 Å². The Kier molecular flexibility index (Phi) is 2.94. The van der Waals surface area contributed by atoms with E-state index in [1.165, 1.54) is 6.42 Å². The molecule has 0 aromatic carbocycles. The van der Waals surface area contributed by atoms with Crippen LogP contribution >= 0.6 is 11.6 Å². The van der Waals surface area contributed by atoms with Crippen LogP contribution in [0.25, 0.3) is 0 Å². The van der Waals surface area contributed by atoms with Crippen molar-refractivity contribution in [3.8, 4) is 0 Å². The first kappa shape index (κ1) is 9.05. The third-order valence-corrected chi connectivity index (χ3v) is 3.14. The Morgan fingerprint density at radius 1 is 1.55 bits per heavy atom. The summed E-state index contributed by atoms with van der Waals surface area (Å²) in [5, 5.41) is -0.0998. The second kappa shape index (κ2) is 3.57. The van der Waals surface area contributed by atoms with E-state index in [9.17, 15) is 4.79 Å². The minimum Gasteiger partial charge on any atom is -0.281 e. The highest BCUT2D eigenvalue weighted by Gasteiger charge is 2.41. The third kappa shape index (κ3) is 1.76. The van der Waals surface area contributed by atoms with E-state index in [2.05, 4.69) is 6.92 Å². The van der Waals surface area contributed by atoms with Gasteiger partial charge in [0.15, 0.2) is 0 Å². The van der Waals surface area contributed by atoms with Crippen molar-refractivity contribution < 1.29 is 4.79 Å². The number of halogens is 1. The summed E-state index contributed by atoms with van der Waals surface area (Å²) in [5.74, 6) is 0. The Balaban J connectivity index is 2.40. The Morgan fingerprint density at radius 2 is 2.18 bits per heavy atom. The van der Waals surface area contributed by atoms with Crippen molar-refractivity contribution in [3.05, 3.63) is 0 Å². The molecule has 11 heavy (non-hydrogen) atoms. The molecule has 0 atom stereocenters. The highest BCUT2D eigenvalue weighted by Crippen LogP contribution is 2.46. The maximum Gasteiger partial charge on any atom is 0.227 e. The Bertz CT molecular complexity index is 150. The summed E-state index contributed by atoms with van der Waals surface area (Å²) in [6.45, 7) is 2.14. The normalized spacial score (nSPS) is 20.9. The van der Waals surface area contributed by atoms with Crippen LogP contribution in [0, 0.1) is 5.41 Å². The van der Waals surface area contributed by atoms with Crippen LogP contribution in [0.1, 0.15) is 45.4 Å². The van der Waals surface area contributed by atoms with Gasteiger partial charge in [0.2, 0.25) is 5.24 Å². The molecule has 0 unspecified atom stereocenters. The van der Waals surface area contributed by atoms with Crippen molar-refractivity contribution in [2.24, 2.45) is 5.41 Å². The molecule has 0 aromatic rings. The molecule has 0 bridgehead atoms. The van der Waals surface area contributed by atoms with E-state index < -0.39 is 0 Å². The summed E-state index contributed by atoms with van der Waals surface area (Å²) < 4.78 is 0. The van der Waals surface area contributed by atoms with Crippen molar-refractivity contribution in [1.29, 1.82) is 0 Å². The SMILES string of the molecule is CCCCC1(C(=O)Cl)CCC1. The first-order valence-electron chi connectivity index (χ1n) is 4.41. The molecule has 0 radical (unpaired) electrons. The minimum absolute atomic E-state index is 0.0996. The first-order chi connectivity index (χ1) is 5.21. The van der Waals surface area contributed by atoms with E-state index in [0.29, 0.717) is 0 Å². The van der Waals surface area contributed by atoms with Gasteiger partial charge >= 0.3 is 0 Å². The molecule has 2 heteroatoms. The number of carbonyl (C=O) groups excluding carboxylic acids is 1. The van der Waals surface area contributed by atoms with E-state index in [0.717, 1.165) is 32.1 Å². The molecule has 0 aliphatic heterocycles. The molecule has 1 aliphatic rings. The lowest BCUT2D eigenvalue weighted by molar-refractivity contribution is -0.125. The van der Waals surface area contributed by atoms with Gasteiger partial charge in [0.1, 0.15) is 0 Å². The van der Waals surface area contributed by atoms with Crippen LogP contribution in [0.4, 0.5) is 0 Å². The van der Waals surface area contributed by atoms with Crippen molar-refractivity contribution in [2.45, 2.75) is 45.4 Å². The minimum atomic E-state index is -0.0998. The summed E-state index contributed by atoms with van der Waals surface area (Å²) in [5.41, 5.74) is -0.0996. The van der Waals surface area contributed by atoms with Gasteiger partial charge in [-0.2, -0.15) is 0 Å². The standard InChI is InChI=1S/C9H15ClO/c1-2-3-5-9(8(10)11)6-4-7-9/h2-7H2,1H3. The highest BCUT2D eigenvalue weighted by atomic mass is 35.5. The lowest BCUT2D eigenvalue weighted by Gasteiger charge is -2.38. The molecule has 64 valence electrons. The van der Waals surface area contributed by atoms with Crippen LogP contribution in [0.3, 0.4) is 0 Å². The lowest BCUT2D eigenvalue weighted by atomic mass is 9.67. The second-order valence-electron chi connectivity index (χ2n) is 3.51. The van der Waals surface area contributed by atoms with Crippen LogP contribution in [0.5, 0.6) is 0 Å². The zero-order valence-electron chi connectivity index (χ0n) is 7.03. The van der Waals surface area contributed by atoms with Gasteiger partial charge in [-0.25, -0.2) is 0 Å². The maximum atomic E-state index is 11.0. The molecule has 0 saturated heterocycles. The number of carbonyl (C=O) groups is 1. The van der Waals surface area contributed by atoms with Gasteiger partial charge < -0.3 is 0 Å². The van der Waals surface area contributed by atoms with Gasteiger partial charge in [-0.1, -0.05) is 26.2 Å². The average Bonchev–Trinajstić information content (AvgIpc) is 1.85. The van der Waals surface area contributed by atoms with E-state index >= 15 is 0 Å². The lowest BCUT2D eigenvalue weighted by Crippen LogP contribution is -2.35. The number of hydrogen-bond acceptors (Lipinski definition) is 1. The quantitative estimate of drug-likeness (QED) is 0.599. The van der Waals surface area contributed by atoms with Crippen molar-refractivity contribution in [1.82, 2.24) is 0 Å². The fourth-order valence-electron chi connectivity index (χ4n) is 1.66. The summed E-state index contributed by atoms with van der Waals surface area (Å²) in [4.78, 5) is 11.0. The summed E-state index contributed by atoms with van der Waals surface area (Å²) in [7, 11) is 0. The van der Waals surface area contributed by atoms with Crippen molar-refractivity contribution in [3.63, 3.8) is 0 Å². The predicted octanol–water partition coefficient (Wildman–Crippen LogP) is 3.11. The smallest absolute Gasteiger partial charge is 0.227 e. The first-order valence-corrected chi connectivity index (χ1v) is 4.79. The summed E-state index contributed by atoms with van der Waals surface area (Å²) in [6.07, 6.45) is 6.53. The number of rotatable bonds is 4. The molecule has 0 N–H and O–H groups in total. The van der Waals surface area contributed by atoms with E-state index in [1.807, 2.05) is 0 Å². The van der Waals surface area contributed by atoms with Gasteiger partial charge in [-0.15, -0.1) is 0 Å². The van der Waals surface area contributed by atoms with Gasteiger partial charge in [0, 0.05) is 5.41 Å². The fraction of sp³-hybridized carbons (Fsp3) is 0.889. The number of unbranched alkanes of at least 4 members (excludes halogenated alkanes) is 1. The van der Waals surface area contributed by atoms with Gasteiger partial charge in [-0.3, -0.25) is 4.79 Å². The zero-order chi connectivity index (χ0) is 8.32. The molecular formula is C9H15ClO. The third-order valence-electron chi connectivity index (χ3n) is 2.74. The molecule has 0 aromatic heterocycles. The number of hydrogen-bond donors (Lipinski definition) is 0. The largest absolute Gasteiger partial charge is 0.281 e. The average molecular weight is 175 g/mol. The monoisotopic (exact) mass is 174 g/mol. The summed E-state index contributed by atoms with van der Waals surface area (Å²) >= 11 is 5.53. The summed E-state index contributed by atoms with van der Waals surface area (Å²) in [6, 6.07) is 0. The molecule has 1 fully saturated rings. The van der Waals surface area contributed by atoms with Gasteiger partial charge in [0.25, 0.3) is 0 Å². The molecule has 1 rings (SSSR count). The second-order valence-corrected chi connectivity index (χ2v) is 3.85. The van der Waals surface area contributed by atoms with Crippen LogP contribution in [0.15, 0.2) is 0 Å². The van der Waals surface area contributed by atoms with Gasteiger partial charge in [-0.05, 0) is 30.9 Å². The zero-order valence-corrected chi connectivity index (χ0v) is 7.78. The molecule has 0 heterocycles. The molecule has 1 saturated carbocycles.